The van der Waals surface area contributed by atoms with Gasteiger partial charge in [-0.05, 0) is 18.2 Å². The fraction of sp³-hybridized carbons (Fsp3) is 0.0769. The van der Waals surface area contributed by atoms with Gasteiger partial charge in [-0.3, -0.25) is 0 Å². The van der Waals surface area contributed by atoms with Gasteiger partial charge in [0.25, 0.3) is 0 Å². The van der Waals surface area contributed by atoms with Gasteiger partial charge in [0, 0.05) is 24.0 Å². The van der Waals surface area contributed by atoms with E-state index in [2.05, 4.69) is 20.6 Å². The number of nitrogens with zero attached hydrogens (tertiary/aromatic N) is 3. The highest BCUT2D eigenvalue weighted by atomic mass is 15.0. The molecule has 0 aliphatic heterocycles. The molecule has 0 aliphatic carbocycles. The van der Waals surface area contributed by atoms with Crippen molar-refractivity contribution in [2.24, 2.45) is 0 Å². The second-order valence-corrected chi connectivity index (χ2v) is 3.89. The number of hydrogen-bond donors (Lipinski definition) is 1. The molecule has 0 saturated heterocycles. The Kier molecular flexibility index (Phi) is 2.26. The van der Waals surface area contributed by atoms with Crippen molar-refractivity contribution in [3.05, 3.63) is 54.7 Å². The number of nitrogen functional groups attached to an aromatic ring is 1. The summed E-state index contributed by atoms with van der Waals surface area (Å²) in [7, 11) is 0. The van der Waals surface area contributed by atoms with Crippen LogP contribution in [0.15, 0.2) is 48.9 Å². The number of rotatable bonds is 2. The third-order valence-corrected chi connectivity index (χ3v) is 2.75. The Balaban J connectivity index is 2.07. The number of para-hydroxylation sites is 1. The van der Waals surface area contributed by atoms with Crippen LogP contribution in [0.25, 0.3) is 10.9 Å². The van der Waals surface area contributed by atoms with Crippen molar-refractivity contribution in [3.63, 3.8) is 0 Å². The smallest absolute Gasteiger partial charge is 0.147 e. The lowest BCUT2D eigenvalue weighted by molar-refractivity contribution is 0.772. The summed E-state index contributed by atoms with van der Waals surface area (Å²) >= 11 is 0. The molecule has 17 heavy (non-hydrogen) atoms. The summed E-state index contributed by atoms with van der Waals surface area (Å²) in [6, 6.07) is 9.78. The molecule has 0 spiro atoms. The molecule has 3 rings (SSSR count). The van der Waals surface area contributed by atoms with Crippen molar-refractivity contribution in [1.82, 2.24) is 14.5 Å². The molecular weight excluding hydrogens is 212 g/mol. The number of benzene rings is 1. The van der Waals surface area contributed by atoms with Gasteiger partial charge in [-0.1, -0.05) is 12.1 Å². The largest absolute Gasteiger partial charge is 0.397 e. The van der Waals surface area contributed by atoms with Crippen LogP contribution in [0, 0.1) is 0 Å². The molecule has 1 aromatic carbocycles. The van der Waals surface area contributed by atoms with Gasteiger partial charge in [0.15, 0.2) is 0 Å². The van der Waals surface area contributed by atoms with Crippen molar-refractivity contribution < 1.29 is 0 Å². The zero-order valence-electron chi connectivity index (χ0n) is 9.24. The Labute approximate surface area is 98.7 Å². The first-order valence-corrected chi connectivity index (χ1v) is 5.44. The standard InChI is InChI=1S/C13H12N4/c14-11-4-1-3-10-5-8-17(13(10)11)9-12-15-6-2-7-16-12/h1-8H,9,14H2. The van der Waals surface area contributed by atoms with Crippen LogP contribution in [0.4, 0.5) is 5.69 Å². The SMILES string of the molecule is Nc1cccc2ccn(Cc3ncccn3)c12. The van der Waals surface area contributed by atoms with E-state index in [0.29, 0.717) is 6.54 Å². The third-order valence-electron chi connectivity index (χ3n) is 2.75. The number of fused-ring (bicyclic) bond motifs is 1. The molecule has 0 saturated carbocycles. The maximum Gasteiger partial charge on any atom is 0.147 e. The van der Waals surface area contributed by atoms with Gasteiger partial charge in [-0.2, -0.15) is 0 Å². The highest BCUT2D eigenvalue weighted by Crippen LogP contribution is 2.22. The van der Waals surface area contributed by atoms with Crippen LogP contribution in [0.3, 0.4) is 0 Å². The van der Waals surface area contributed by atoms with Crippen LogP contribution in [0.2, 0.25) is 0 Å². The molecular formula is C13H12N4. The lowest BCUT2D eigenvalue weighted by Crippen LogP contribution is -2.03. The second-order valence-electron chi connectivity index (χ2n) is 3.89. The molecule has 0 radical (unpaired) electrons. The van der Waals surface area contributed by atoms with Gasteiger partial charge in [-0.15, -0.1) is 0 Å². The summed E-state index contributed by atoms with van der Waals surface area (Å²) in [5.41, 5.74) is 7.82. The fourth-order valence-electron chi connectivity index (χ4n) is 1.99. The summed E-state index contributed by atoms with van der Waals surface area (Å²) in [6.07, 6.45) is 5.51. The topological polar surface area (TPSA) is 56.7 Å². The monoisotopic (exact) mass is 224 g/mol. The molecule has 4 heteroatoms. The van der Waals surface area contributed by atoms with E-state index in [-0.39, 0.29) is 0 Å². The van der Waals surface area contributed by atoms with E-state index in [0.717, 1.165) is 22.4 Å². The van der Waals surface area contributed by atoms with Crippen molar-refractivity contribution in [1.29, 1.82) is 0 Å². The minimum Gasteiger partial charge on any atom is -0.397 e. The van der Waals surface area contributed by atoms with Crippen LogP contribution in [0.5, 0.6) is 0 Å². The third kappa shape index (κ3) is 1.73. The molecule has 0 atom stereocenters. The minimum absolute atomic E-state index is 0.637. The van der Waals surface area contributed by atoms with Crippen molar-refractivity contribution in [2.45, 2.75) is 6.54 Å². The highest BCUT2D eigenvalue weighted by molar-refractivity contribution is 5.90. The van der Waals surface area contributed by atoms with E-state index >= 15 is 0 Å². The van der Waals surface area contributed by atoms with Crippen molar-refractivity contribution in [3.8, 4) is 0 Å². The molecule has 84 valence electrons. The number of anilines is 1. The maximum absolute atomic E-state index is 5.99. The average Bonchev–Trinajstić information content (AvgIpc) is 2.75. The summed E-state index contributed by atoms with van der Waals surface area (Å²) in [4.78, 5) is 8.43. The predicted octanol–water partition coefficient (Wildman–Crippen LogP) is 2.06. The molecule has 4 nitrogen and oxygen atoms in total. The quantitative estimate of drug-likeness (QED) is 0.678. The van der Waals surface area contributed by atoms with Gasteiger partial charge in [0.2, 0.25) is 0 Å². The Morgan fingerprint density at radius 3 is 2.71 bits per heavy atom. The Morgan fingerprint density at radius 1 is 1.06 bits per heavy atom. The first-order chi connectivity index (χ1) is 8.34. The molecule has 2 N–H and O–H groups in total. The zero-order chi connectivity index (χ0) is 11.7. The lowest BCUT2D eigenvalue weighted by atomic mass is 10.2. The van der Waals surface area contributed by atoms with Gasteiger partial charge in [-0.25, -0.2) is 9.97 Å². The molecule has 0 bridgehead atoms. The minimum atomic E-state index is 0.637. The van der Waals surface area contributed by atoms with Gasteiger partial charge in [0.1, 0.15) is 5.82 Å². The van der Waals surface area contributed by atoms with Crippen LogP contribution in [-0.2, 0) is 6.54 Å². The Morgan fingerprint density at radius 2 is 1.88 bits per heavy atom. The van der Waals surface area contributed by atoms with Gasteiger partial charge in [0.05, 0.1) is 17.7 Å². The van der Waals surface area contributed by atoms with Crippen LogP contribution >= 0.6 is 0 Å². The normalized spacial score (nSPS) is 10.8. The maximum atomic E-state index is 5.99. The van der Waals surface area contributed by atoms with E-state index in [1.54, 1.807) is 12.4 Å². The van der Waals surface area contributed by atoms with Gasteiger partial charge < -0.3 is 10.3 Å². The first-order valence-electron chi connectivity index (χ1n) is 5.44. The number of hydrogen-bond acceptors (Lipinski definition) is 3. The van der Waals surface area contributed by atoms with Crippen LogP contribution in [-0.4, -0.2) is 14.5 Å². The summed E-state index contributed by atoms with van der Waals surface area (Å²) in [5.74, 6) is 0.785. The van der Waals surface area contributed by atoms with Crippen LogP contribution < -0.4 is 5.73 Å². The molecule has 0 aliphatic rings. The molecule has 0 fully saturated rings. The van der Waals surface area contributed by atoms with E-state index in [4.69, 9.17) is 5.73 Å². The molecule has 2 aromatic heterocycles. The summed E-state index contributed by atoms with van der Waals surface area (Å²) < 4.78 is 2.07. The lowest BCUT2D eigenvalue weighted by Gasteiger charge is -2.05. The summed E-state index contributed by atoms with van der Waals surface area (Å²) in [5, 5.41) is 1.14. The summed E-state index contributed by atoms with van der Waals surface area (Å²) in [6.45, 7) is 0.637. The molecule has 2 heterocycles. The van der Waals surface area contributed by atoms with Crippen LogP contribution in [0.1, 0.15) is 5.82 Å². The van der Waals surface area contributed by atoms with Crippen molar-refractivity contribution >= 4 is 16.6 Å². The van der Waals surface area contributed by atoms with Crippen molar-refractivity contribution in [2.75, 3.05) is 5.73 Å². The van der Waals surface area contributed by atoms with Gasteiger partial charge >= 0.3 is 0 Å². The second kappa shape index (κ2) is 3.90. The molecule has 3 aromatic rings. The molecule has 0 amide bonds. The van der Waals surface area contributed by atoms with E-state index in [1.807, 2.05) is 30.5 Å². The zero-order valence-corrected chi connectivity index (χ0v) is 9.24. The van der Waals surface area contributed by atoms with E-state index < -0.39 is 0 Å². The Bertz CT molecular complexity index is 643. The fourth-order valence-corrected chi connectivity index (χ4v) is 1.99. The molecule has 0 unspecified atom stereocenters. The number of aromatic nitrogens is 3. The first kappa shape index (κ1) is 9.84. The van der Waals surface area contributed by atoms with E-state index in [9.17, 15) is 0 Å². The predicted molar refractivity (Wildman–Crippen MR) is 67.5 cm³/mol. The average molecular weight is 224 g/mol. The Hall–Kier alpha value is -2.36. The number of nitrogens with two attached hydrogens (primary N) is 1. The van der Waals surface area contributed by atoms with E-state index in [1.165, 1.54) is 0 Å². The highest BCUT2D eigenvalue weighted by Gasteiger charge is 2.05.